The van der Waals surface area contributed by atoms with E-state index in [9.17, 15) is 4.79 Å². The van der Waals surface area contributed by atoms with Crippen LogP contribution in [0.2, 0.25) is 0 Å². The van der Waals surface area contributed by atoms with Crippen LogP contribution >= 0.6 is 0 Å². The monoisotopic (exact) mass is 230 g/mol. The van der Waals surface area contributed by atoms with E-state index in [1.807, 2.05) is 6.07 Å². The third-order valence-corrected chi connectivity index (χ3v) is 3.92. The lowest BCUT2D eigenvalue weighted by atomic mass is 9.87. The van der Waals surface area contributed by atoms with Gasteiger partial charge in [0.1, 0.15) is 0 Å². The second kappa shape index (κ2) is 3.84. The molecule has 2 aliphatic carbocycles. The van der Waals surface area contributed by atoms with Crippen molar-refractivity contribution in [1.29, 1.82) is 0 Å². The topological polar surface area (TPSA) is 55.1 Å². The summed E-state index contributed by atoms with van der Waals surface area (Å²) in [5, 5.41) is 3.11. The third kappa shape index (κ3) is 1.95. The van der Waals surface area contributed by atoms with E-state index in [1.54, 1.807) is 0 Å². The van der Waals surface area contributed by atoms with Crippen LogP contribution in [0.25, 0.3) is 0 Å². The van der Waals surface area contributed by atoms with Crippen LogP contribution in [0, 0.1) is 0 Å². The molecule has 3 N–H and O–H groups in total. The Balaban J connectivity index is 1.79. The molecule has 90 valence electrons. The molecular formula is C14H18N2O. The molecule has 3 heteroatoms. The normalized spacial score (nSPS) is 24.9. The molecule has 0 heterocycles. The predicted octanol–water partition coefficient (Wildman–Crippen LogP) is 1.67. The number of nitrogens with one attached hydrogen (secondary N) is 1. The molecule has 1 aromatic carbocycles. The minimum Gasteiger partial charge on any atom is -0.348 e. The van der Waals surface area contributed by atoms with Gasteiger partial charge in [-0.1, -0.05) is 24.3 Å². The quantitative estimate of drug-likeness (QED) is 0.812. The molecule has 0 aromatic heterocycles. The Bertz CT molecular complexity index is 451. The number of fused-ring (bicyclic) bond motifs is 1. The Morgan fingerprint density at radius 3 is 2.88 bits per heavy atom. The van der Waals surface area contributed by atoms with Gasteiger partial charge in [-0.3, -0.25) is 4.79 Å². The van der Waals surface area contributed by atoms with Crippen molar-refractivity contribution in [3.05, 3.63) is 35.4 Å². The van der Waals surface area contributed by atoms with E-state index in [0.717, 1.165) is 32.1 Å². The van der Waals surface area contributed by atoms with Gasteiger partial charge in [0.2, 0.25) is 5.91 Å². The summed E-state index contributed by atoms with van der Waals surface area (Å²) in [6, 6.07) is 8.54. The zero-order valence-electron chi connectivity index (χ0n) is 9.91. The molecule has 1 atom stereocenters. The van der Waals surface area contributed by atoms with Gasteiger partial charge in [0.25, 0.3) is 0 Å². The molecule has 0 bridgehead atoms. The fourth-order valence-electron chi connectivity index (χ4n) is 2.57. The molecule has 0 aliphatic heterocycles. The lowest BCUT2D eigenvalue weighted by molar-refractivity contribution is -0.124. The van der Waals surface area contributed by atoms with Gasteiger partial charge < -0.3 is 11.1 Å². The van der Waals surface area contributed by atoms with Crippen molar-refractivity contribution in [1.82, 2.24) is 5.32 Å². The molecule has 0 radical (unpaired) electrons. The van der Waals surface area contributed by atoms with Crippen LogP contribution in [-0.2, 0) is 11.2 Å². The zero-order chi connectivity index (χ0) is 11.9. The molecule has 0 saturated heterocycles. The largest absolute Gasteiger partial charge is 0.348 e. The first-order chi connectivity index (χ1) is 8.19. The maximum atomic E-state index is 12.0. The Hall–Kier alpha value is -1.35. The first-order valence-corrected chi connectivity index (χ1v) is 6.37. The maximum absolute atomic E-state index is 12.0. The number of nitrogens with two attached hydrogens (primary N) is 1. The fourth-order valence-corrected chi connectivity index (χ4v) is 2.57. The predicted molar refractivity (Wildman–Crippen MR) is 66.4 cm³/mol. The van der Waals surface area contributed by atoms with Gasteiger partial charge in [0.15, 0.2) is 0 Å². The van der Waals surface area contributed by atoms with Crippen molar-refractivity contribution in [3.63, 3.8) is 0 Å². The lowest BCUT2D eigenvalue weighted by Crippen LogP contribution is -2.44. The van der Waals surface area contributed by atoms with Crippen LogP contribution in [-0.4, -0.2) is 11.4 Å². The van der Waals surface area contributed by atoms with Crippen LogP contribution in [0.5, 0.6) is 0 Å². The maximum Gasteiger partial charge on any atom is 0.240 e. The van der Waals surface area contributed by atoms with Crippen molar-refractivity contribution in [2.24, 2.45) is 5.73 Å². The summed E-state index contributed by atoms with van der Waals surface area (Å²) >= 11 is 0. The highest BCUT2D eigenvalue weighted by molar-refractivity contribution is 5.89. The number of carbonyl (C=O) groups excluding carboxylic acids is 1. The number of rotatable bonds is 2. The van der Waals surface area contributed by atoms with Gasteiger partial charge in [0, 0.05) is 0 Å². The smallest absolute Gasteiger partial charge is 0.240 e. The van der Waals surface area contributed by atoms with E-state index in [2.05, 4.69) is 23.5 Å². The highest BCUT2D eigenvalue weighted by atomic mass is 16.2. The van der Waals surface area contributed by atoms with Gasteiger partial charge in [-0.15, -0.1) is 0 Å². The van der Waals surface area contributed by atoms with E-state index in [4.69, 9.17) is 5.73 Å². The van der Waals surface area contributed by atoms with E-state index in [-0.39, 0.29) is 11.9 Å². The minimum atomic E-state index is -0.563. The van der Waals surface area contributed by atoms with Gasteiger partial charge in [-0.05, 0) is 43.2 Å². The molecule has 17 heavy (non-hydrogen) atoms. The van der Waals surface area contributed by atoms with E-state index in [1.165, 1.54) is 11.1 Å². The minimum absolute atomic E-state index is 0.0270. The van der Waals surface area contributed by atoms with Gasteiger partial charge in [-0.2, -0.15) is 0 Å². The number of carbonyl (C=O) groups is 1. The summed E-state index contributed by atoms with van der Waals surface area (Å²) in [5.41, 5.74) is 7.99. The van der Waals surface area contributed by atoms with E-state index < -0.39 is 5.54 Å². The standard InChI is InChI=1S/C14H18N2O/c15-14(8-9-14)13(17)16-12-7-3-5-10-4-1-2-6-11(10)12/h1-2,4,6,12H,3,5,7-9,15H2,(H,16,17). The van der Waals surface area contributed by atoms with Crippen LogP contribution in [0.3, 0.4) is 0 Å². The Labute approximate surface area is 101 Å². The molecular weight excluding hydrogens is 212 g/mol. The molecule has 0 spiro atoms. The fraction of sp³-hybridized carbons (Fsp3) is 0.500. The second-order valence-electron chi connectivity index (χ2n) is 5.27. The summed E-state index contributed by atoms with van der Waals surface area (Å²) in [6.07, 6.45) is 4.94. The number of amides is 1. The van der Waals surface area contributed by atoms with Crippen LogP contribution in [0.4, 0.5) is 0 Å². The second-order valence-corrected chi connectivity index (χ2v) is 5.27. The average Bonchev–Trinajstić information content (AvgIpc) is 3.09. The van der Waals surface area contributed by atoms with Gasteiger partial charge in [0.05, 0.1) is 11.6 Å². The summed E-state index contributed by atoms with van der Waals surface area (Å²) < 4.78 is 0. The van der Waals surface area contributed by atoms with E-state index >= 15 is 0 Å². The average molecular weight is 230 g/mol. The zero-order valence-corrected chi connectivity index (χ0v) is 9.91. The molecule has 3 rings (SSSR count). The first-order valence-electron chi connectivity index (χ1n) is 6.37. The van der Waals surface area contributed by atoms with Gasteiger partial charge in [-0.25, -0.2) is 0 Å². The molecule has 1 unspecified atom stereocenters. The Morgan fingerprint density at radius 2 is 2.12 bits per heavy atom. The van der Waals surface area contributed by atoms with Gasteiger partial charge >= 0.3 is 0 Å². The molecule has 2 aliphatic rings. The summed E-state index contributed by atoms with van der Waals surface area (Å²) in [4.78, 5) is 12.0. The Morgan fingerprint density at radius 1 is 1.35 bits per heavy atom. The number of benzene rings is 1. The van der Waals surface area contributed by atoms with Crippen molar-refractivity contribution in [3.8, 4) is 0 Å². The molecule has 3 nitrogen and oxygen atoms in total. The van der Waals surface area contributed by atoms with Crippen molar-refractivity contribution < 1.29 is 4.79 Å². The molecule has 1 fully saturated rings. The summed E-state index contributed by atoms with van der Waals surface area (Å²) in [7, 11) is 0. The summed E-state index contributed by atoms with van der Waals surface area (Å²) in [6.45, 7) is 0. The van der Waals surface area contributed by atoms with Crippen LogP contribution < -0.4 is 11.1 Å². The molecule has 1 amide bonds. The highest BCUT2D eigenvalue weighted by Gasteiger charge is 2.46. The molecule has 1 saturated carbocycles. The van der Waals surface area contributed by atoms with Crippen molar-refractivity contribution in [2.75, 3.05) is 0 Å². The number of hydrogen-bond acceptors (Lipinski definition) is 2. The molecule has 1 aromatic rings. The van der Waals surface area contributed by atoms with Crippen LogP contribution in [0.15, 0.2) is 24.3 Å². The first kappa shape index (κ1) is 10.8. The summed E-state index contributed by atoms with van der Waals surface area (Å²) in [5.74, 6) is 0.0270. The SMILES string of the molecule is NC1(C(=O)NC2CCCc3ccccc32)CC1. The highest BCUT2D eigenvalue weighted by Crippen LogP contribution is 2.35. The number of aryl methyl sites for hydroxylation is 1. The van der Waals surface area contributed by atoms with E-state index in [0.29, 0.717) is 0 Å². The Kier molecular flexibility index (Phi) is 2.44. The third-order valence-electron chi connectivity index (χ3n) is 3.92. The van der Waals surface area contributed by atoms with Crippen LogP contribution in [0.1, 0.15) is 42.9 Å². The van der Waals surface area contributed by atoms with Crippen molar-refractivity contribution in [2.45, 2.75) is 43.7 Å². The van der Waals surface area contributed by atoms with Crippen molar-refractivity contribution >= 4 is 5.91 Å². The number of hydrogen-bond donors (Lipinski definition) is 2. The lowest BCUT2D eigenvalue weighted by Gasteiger charge is -2.27.